The first kappa shape index (κ1) is 17.9. The number of para-hydroxylation sites is 1. The number of hydrogen-bond donors (Lipinski definition) is 1. The van der Waals surface area contributed by atoms with E-state index in [1.54, 1.807) is 17.5 Å². The van der Waals surface area contributed by atoms with Crippen molar-refractivity contribution in [3.8, 4) is 5.75 Å². The number of rotatable bonds is 5. The molecule has 0 saturated carbocycles. The summed E-state index contributed by atoms with van der Waals surface area (Å²) in [5, 5.41) is 10.3. The van der Waals surface area contributed by atoms with Crippen molar-refractivity contribution in [2.45, 2.75) is 26.0 Å². The summed E-state index contributed by atoms with van der Waals surface area (Å²) in [4.78, 5) is 18.8. The van der Waals surface area contributed by atoms with Gasteiger partial charge in [-0.15, -0.1) is 11.3 Å². The molecule has 0 radical (unpaired) electrons. The number of nitrogens with zero attached hydrogens (tertiary/aromatic N) is 3. The molecule has 1 atom stereocenters. The van der Waals surface area contributed by atoms with E-state index in [1.807, 2.05) is 47.3 Å². The first-order valence-electron chi connectivity index (χ1n) is 9.55. The Morgan fingerprint density at radius 3 is 3.03 bits per heavy atom. The molecule has 1 aliphatic heterocycles. The Morgan fingerprint density at radius 1 is 1.31 bits per heavy atom. The molecule has 1 unspecified atom stereocenters. The van der Waals surface area contributed by atoms with Crippen LogP contribution in [0.4, 0.5) is 0 Å². The highest BCUT2D eigenvalue weighted by Crippen LogP contribution is 2.28. The molecule has 1 N–H and O–H groups in total. The average molecular weight is 404 g/mol. The summed E-state index contributed by atoms with van der Waals surface area (Å²) < 4.78 is 7.77. The number of aryl methyl sites for hydroxylation is 1. The maximum Gasteiger partial charge on any atom is 0.252 e. The van der Waals surface area contributed by atoms with Gasteiger partial charge in [0.1, 0.15) is 11.9 Å². The zero-order valence-electron chi connectivity index (χ0n) is 16.0. The highest BCUT2D eigenvalue weighted by Gasteiger charge is 2.23. The van der Waals surface area contributed by atoms with Crippen LogP contribution in [0.3, 0.4) is 0 Å². The number of nitrogens with one attached hydrogen (secondary N) is 1. The fourth-order valence-corrected chi connectivity index (χ4v) is 4.38. The molecule has 4 aromatic rings. The van der Waals surface area contributed by atoms with Gasteiger partial charge in [0.15, 0.2) is 5.65 Å². The lowest BCUT2D eigenvalue weighted by Crippen LogP contribution is -2.34. The Morgan fingerprint density at radius 2 is 2.21 bits per heavy atom. The fourth-order valence-electron chi connectivity index (χ4n) is 3.70. The van der Waals surface area contributed by atoms with E-state index in [2.05, 4.69) is 27.5 Å². The molecular weight excluding hydrogens is 384 g/mol. The molecule has 29 heavy (non-hydrogen) atoms. The number of fused-ring (bicyclic) bond motifs is 2. The number of thiophene rings is 1. The van der Waals surface area contributed by atoms with E-state index >= 15 is 0 Å². The number of benzene rings is 1. The highest BCUT2D eigenvalue weighted by molar-refractivity contribution is 7.09. The van der Waals surface area contributed by atoms with Crippen molar-refractivity contribution in [2.24, 2.45) is 0 Å². The third-order valence-electron chi connectivity index (χ3n) is 5.07. The molecule has 4 heterocycles. The maximum absolute atomic E-state index is 12.9. The molecule has 5 rings (SSSR count). The fraction of sp³-hybridized carbons (Fsp3) is 0.227. The quantitative estimate of drug-likeness (QED) is 0.552. The maximum atomic E-state index is 12.9. The topological polar surface area (TPSA) is 69.0 Å². The van der Waals surface area contributed by atoms with Crippen LogP contribution in [0.2, 0.25) is 0 Å². The second-order valence-corrected chi connectivity index (χ2v) is 8.22. The predicted octanol–water partition coefficient (Wildman–Crippen LogP) is 3.58. The van der Waals surface area contributed by atoms with Crippen LogP contribution < -0.4 is 10.1 Å². The highest BCUT2D eigenvalue weighted by atomic mass is 32.1. The van der Waals surface area contributed by atoms with E-state index in [-0.39, 0.29) is 12.0 Å². The molecule has 146 valence electrons. The van der Waals surface area contributed by atoms with Crippen LogP contribution in [0.15, 0.2) is 54.0 Å². The molecule has 0 spiro atoms. The van der Waals surface area contributed by atoms with Gasteiger partial charge in [-0.2, -0.15) is 5.10 Å². The number of ether oxygens (including phenoxy) is 1. The van der Waals surface area contributed by atoms with Gasteiger partial charge in [0.25, 0.3) is 5.91 Å². The summed E-state index contributed by atoms with van der Waals surface area (Å²) in [6.45, 7) is 3.00. The molecule has 0 bridgehead atoms. The van der Waals surface area contributed by atoms with Crippen LogP contribution in [-0.2, 0) is 13.0 Å². The number of carbonyl (C=O) groups is 1. The third kappa shape index (κ3) is 3.49. The van der Waals surface area contributed by atoms with Gasteiger partial charge in [0, 0.05) is 17.0 Å². The second kappa shape index (κ2) is 7.33. The van der Waals surface area contributed by atoms with E-state index in [1.165, 1.54) is 10.4 Å². The minimum atomic E-state index is -0.129. The van der Waals surface area contributed by atoms with Crippen molar-refractivity contribution >= 4 is 28.3 Å². The van der Waals surface area contributed by atoms with Crippen molar-refractivity contribution < 1.29 is 9.53 Å². The van der Waals surface area contributed by atoms with Gasteiger partial charge in [-0.3, -0.25) is 4.79 Å². The standard InChI is InChI=1S/C22H20N4O2S/c1-14-9-18(19-12-24-26(21(19)25-14)13-17-6-4-8-29-17)22(27)23-11-16-10-15-5-2-3-7-20(15)28-16/h2-9,12,16H,10-11,13H2,1H3,(H,23,27). The van der Waals surface area contributed by atoms with E-state index in [0.717, 1.165) is 28.9 Å². The van der Waals surface area contributed by atoms with Crippen molar-refractivity contribution in [2.75, 3.05) is 6.54 Å². The zero-order valence-corrected chi connectivity index (χ0v) is 16.8. The second-order valence-electron chi connectivity index (χ2n) is 7.19. The Bertz CT molecular complexity index is 1160. The summed E-state index contributed by atoms with van der Waals surface area (Å²) in [7, 11) is 0. The van der Waals surface area contributed by atoms with Gasteiger partial charge in [-0.1, -0.05) is 24.3 Å². The largest absolute Gasteiger partial charge is 0.488 e. The van der Waals surface area contributed by atoms with Crippen molar-refractivity contribution in [1.29, 1.82) is 0 Å². The van der Waals surface area contributed by atoms with Crippen LogP contribution in [-0.4, -0.2) is 33.3 Å². The van der Waals surface area contributed by atoms with Gasteiger partial charge in [0.05, 0.1) is 30.2 Å². The molecule has 0 saturated heterocycles. The monoisotopic (exact) mass is 404 g/mol. The normalized spacial score (nSPS) is 15.3. The number of pyridine rings is 1. The van der Waals surface area contributed by atoms with Crippen LogP contribution in [0.1, 0.15) is 26.5 Å². The number of aromatic nitrogens is 3. The van der Waals surface area contributed by atoms with Gasteiger partial charge >= 0.3 is 0 Å². The Labute approximate surface area is 172 Å². The molecule has 7 heteroatoms. The minimum Gasteiger partial charge on any atom is -0.488 e. The minimum absolute atomic E-state index is 0.0451. The Balaban J connectivity index is 1.34. The SMILES string of the molecule is Cc1cc(C(=O)NCC2Cc3ccccc3O2)c2cnn(Cc3cccs3)c2n1. The van der Waals surface area contributed by atoms with E-state index in [4.69, 9.17) is 4.74 Å². The van der Waals surface area contributed by atoms with Crippen LogP contribution >= 0.6 is 11.3 Å². The third-order valence-corrected chi connectivity index (χ3v) is 5.93. The van der Waals surface area contributed by atoms with Crippen molar-refractivity contribution in [3.05, 3.63) is 75.7 Å². The van der Waals surface area contributed by atoms with Crippen LogP contribution in [0.25, 0.3) is 11.0 Å². The first-order chi connectivity index (χ1) is 14.2. The molecule has 3 aromatic heterocycles. The summed E-state index contributed by atoms with van der Waals surface area (Å²) >= 11 is 1.68. The Kier molecular flexibility index (Phi) is 4.52. The lowest BCUT2D eigenvalue weighted by Gasteiger charge is -2.12. The van der Waals surface area contributed by atoms with Crippen LogP contribution in [0.5, 0.6) is 5.75 Å². The number of hydrogen-bond acceptors (Lipinski definition) is 5. The summed E-state index contributed by atoms with van der Waals surface area (Å²) in [6.07, 6.45) is 2.49. The lowest BCUT2D eigenvalue weighted by molar-refractivity contribution is 0.0935. The van der Waals surface area contributed by atoms with Gasteiger partial charge in [0.2, 0.25) is 0 Å². The molecule has 1 aromatic carbocycles. The first-order valence-corrected chi connectivity index (χ1v) is 10.4. The van der Waals surface area contributed by atoms with Crippen molar-refractivity contribution in [3.63, 3.8) is 0 Å². The number of amides is 1. The number of carbonyl (C=O) groups excluding carboxylic acids is 1. The van der Waals surface area contributed by atoms with E-state index in [0.29, 0.717) is 18.7 Å². The van der Waals surface area contributed by atoms with Crippen LogP contribution in [0, 0.1) is 6.92 Å². The molecule has 1 aliphatic rings. The van der Waals surface area contributed by atoms with E-state index in [9.17, 15) is 4.79 Å². The summed E-state index contributed by atoms with van der Waals surface area (Å²) in [6, 6.07) is 13.9. The van der Waals surface area contributed by atoms with Gasteiger partial charge in [-0.25, -0.2) is 9.67 Å². The molecule has 0 aliphatic carbocycles. The van der Waals surface area contributed by atoms with Crippen molar-refractivity contribution in [1.82, 2.24) is 20.1 Å². The average Bonchev–Trinajstić information content (AvgIpc) is 3.46. The smallest absolute Gasteiger partial charge is 0.252 e. The predicted molar refractivity (Wildman–Crippen MR) is 113 cm³/mol. The summed E-state index contributed by atoms with van der Waals surface area (Å²) in [5.74, 6) is 0.777. The molecule has 1 amide bonds. The van der Waals surface area contributed by atoms with E-state index < -0.39 is 0 Å². The molecule has 0 fully saturated rings. The zero-order chi connectivity index (χ0) is 19.8. The lowest BCUT2D eigenvalue weighted by atomic mass is 10.1. The molecular formula is C22H20N4O2S. The Hall–Kier alpha value is -3.19. The summed E-state index contributed by atoms with van der Waals surface area (Å²) in [5.41, 5.74) is 3.30. The van der Waals surface area contributed by atoms with Gasteiger partial charge in [-0.05, 0) is 36.1 Å². The molecule has 6 nitrogen and oxygen atoms in total. The van der Waals surface area contributed by atoms with Gasteiger partial charge < -0.3 is 10.1 Å².